The Labute approximate surface area is 284 Å². The van der Waals surface area contributed by atoms with E-state index in [0.717, 1.165) is 59.1 Å². The molecule has 250 valence electrons. The molecule has 1 fully saturated rings. The van der Waals surface area contributed by atoms with Gasteiger partial charge in [-0.15, -0.1) is 0 Å². The van der Waals surface area contributed by atoms with Crippen molar-refractivity contribution in [1.82, 2.24) is 23.6 Å². The third kappa shape index (κ3) is 7.26. The summed E-state index contributed by atoms with van der Waals surface area (Å²) in [4.78, 5) is 20.6. The van der Waals surface area contributed by atoms with Crippen LogP contribution in [0.25, 0.3) is 22.2 Å². The van der Waals surface area contributed by atoms with Gasteiger partial charge in [0.25, 0.3) is 15.9 Å². The predicted molar refractivity (Wildman–Crippen MR) is 187 cm³/mol. The number of aromatic nitrogens is 4. The number of hydrogen-bond donors (Lipinski definition) is 1. The minimum absolute atomic E-state index is 0.114. The van der Waals surface area contributed by atoms with E-state index in [1.54, 1.807) is 41.3 Å². The average molecular weight is 677 g/mol. The molecule has 1 saturated heterocycles. The van der Waals surface area contributed by atoms with Crippen LogP contribution in [0.5, 0.6) is 5.75 Å². The Kier molecular flexibility index (Phi) is 9.25. The topological polar surface area (TPSA) is 121 Å². The van der Waals surface area contributed by atoms with Crippen LogP contribution < -0.4 is 10.1 Å². The van der Waals surface area contributed by atoms with Crippen LogP contribution in [0.15, 0.2) is 115 Å². The summed E-state index contributed by atoms with van der Waals surface area (Å²) in [6, 6.07) is 26.0. The Morgan fingerprint density at radius 2 is 1.71 bits per heavy atom. The van der Waals surface area contributed by atoms with Crippen molar-refractivity contribution in [2.45, 2.75) is 18.4 Å². The molecule has 0 saturated carbocycles. The first-order valence-electron chi connectivity index (χ1n) is 16.1. The number of anilines is 1. The van der Waals surface area contributed by atoms with Crippen LogP contribution in [0, 0.1) is 6.92 Å². The zero-order valence-corrected chi connectivity index (χ0v) is 27.8. The Hall–Kier alpha value is -5.30. The number of amides is 1. The molecule has 0 radical (unpaired) electrons. The number of rotatable bonds is 11. The summed E-state index contributed by atoms with van der Waals surface area (Å²) in [6.45, 7) is 7.00. The highest BCUT2D eigenvalue weighted by Gasteiger charge is 2.24. The fourth-order valence-electron chi connectivity index (χ4n) is 5.76. The van der Waals surface area contributed by atoms with Gasteiger partial charge in [0.15, 0.2) is 5.65 Å². The molecule has 4 heterocycles. The van der Waals surface area contributed by atoms with E-state index in [4.69, 9.17) is 9.47 Å². The number of nitrogens with one attached hydrogen (secondary N) is 1. The van der Waals surface area contributed by atoms with Gasteiger partial charge in [0.1, 0.15) is 12.4 Å². The molecule has 7 rings (SSSR count). The van der Waals surface area contributed by atoms with Crippen LogP contribution in [0.1, 0.15) is 21.5 Å². The molecule has 3 aromatic carbocycles. The molecule has 0 unspecified atom stereocenters. The Morgan fingerprint density at radius 3 is 2.51 bits per heavy atom. The van der Waals surface area contributed by atoms with Crippen molar-refractivity contribution in [2.24, 2.45) is 0 Å². The second kappa shape index (κ2) is 14.0. The van der Waals surface area contributed by atoms with Gasteiger partial charge in [0, 0.05) is 49.2 Å². The van der Waals surface area contributed by atoms with Crippen molar-refractivity contribution in [1.29, 1.82) is 0 Å². The van der Waals surface area contributed by atoms with Crippen LogP contribution >= 0.6 is 0 Å². The van der Waals surface area contributed by atoms with Crippen LogP contribution in [0.4, 0.5) is 5.69 Å². The molecule has 1 amide bonds. The molecule has 0 atom stereocenters. The lowest BCUT2D eigenvalue weighted by molar-refractivity contribution is 0.0322. The van der Waals surface area contributed by atoms with E-state index >= 15 is 0 Å². The fraction of sp³-hybridized carbons (Fsp3) is 0.216. The lowest BCUT2D eigenvalue weighted by atomic mass is 10.1. The second-order valence-electron chi connectivity index (χ2n) is 11.9. The fourth-order valence-corrected chi connectivity index (χ4v) is 7.08. The molecular weight excluding hydrogens is 641 g/mol. The number of benzene rings is 3. The SMILES string of the molecule is Cc1ccc(S(=O)(=O)n2cc(NC(=O)c3cnn(Cc4ccccc4)c3)c3cc(-c4cccc(OCCN5CCOCC5)c4)cnc32)cc1. The van der Waals surface area contributed by atoms with Gasteiger partial charge in [0.05, 0.1) is 42.1 Å². The summed E-state index contributed by atoms with van der Waals surface area (Å²) in [5.74, 6) is 0.290. The van der Waals surface area contributed by atoms with E-state index in [2.05, 4.69) is 20.3 Å². The summed E-state index contributed by atoms with van der Waals surface area (Å²) in [5.41, 5.74) is 4.40. The molecule has 49 heavy (non-hydrogen) atoms. The third-order valence-corrected chi connectivity index (χ3v) is 10.1. The molecule has 3 aromatic heterocycles. The van der Waals surface area contributed by atoms with Gasteiger partial charge < -0.3 is 14.8 Å². The van der Waals surface area contributed by atoms with Crippen molar-refractivity contribution in [3.8, 4) is 16.9 Å². The zero-order chi connectivity index (χ0) is 33.8. The summed E-state index contributed by atoms with van der Waals surface area (Å²) in [5, 5.41) is 7.75. The second-order valence-corrected chi connectivity index (χ2v) is 13.8. The van der Waals surface area contributed by atoms with E-state index in [-0.39, 0.29) is 10.5 Å². The van der Waals surface area contributed by atoms with Gasteiger partial charge in [-0.05, 0) is 48.4 Å². The maximum Gasteiger partial charge on any atom is 0.269 e. The average Bonchev–Trinajstić information content (AvgIpc) is 3.74. The Balaban J connectivity index is 1.19. The lowest BCUT2D eigenvalue weighted by Crippen LogP contribution is -2.38. The maximum atomic E-state index is 13.9. The van der Waals surface area contributed by atoms with Gasteiger partial charge in [-0.1, -0.05) is 60.2 Å². The van der Waals surface area contributed by atoms with Crippen molar-refractivity contribution < 1.29 is 22.7 Å². The number of carbonyl (C=O) groups excluding carboxylic acids is 1. The molecule has 1 aliphatic heterocycles. The molecule has 6 aromatic rings. The number of pyridine rings is 1. The van der Waals surface area contributed by atoms with E-state index in [1.807, 2.05) is 67.6 Å². The van der Waals surface area contributed by atoms with E-state index in [1.165, 1.54) is 12.4 Å². The van der Waals surface area contributed by atoms with Crippen molar-refractivity contribution in [2.75, 3.05) is 44.8 Å². The third-order valence-electron chi connectivity index (χ3n) is 8.47. The quantitative estimate of drug-likeness (QED) is 0.192. The van der Waals surface area contributed by atoms with Gasteiger partial charge in [-0.2, -0.15) is 5.10 Å². The standard InChI is InChI=1S/C37H36N6O5S/c1-27-10-12-33(13-11-27)49(45,46)43-26-35(40-37(44)31-23-39-42(25-31)24-28-6-3-2-4-7-28)34-21-30(22-38-36(34)43)29-8-5-9-32(20-29)48-19-16-41-14-17-47-18-15-41/h2-13,20-23,25-26H,14-19,24H2,1H3,(H,40,44). The smallest absolute Gasteiger partial charge is 0.269 e. The maximum absolute atomic E-state index is 13.9. The first-order chi connectivity index (χ1) is 23.8. The molecule has 1 aliphatic rings. The number of ether oxygens (including phenoxy) is 2. The zero-order valence-electron chi connectivity index (χ0n) is 27.0. The van der Waals surface area contributed by atoms with Crippen molar-refractivity contribution in [3.63, 3.8) is 0 Å². The van der Waals surface area contributed by atoms with Crippen LogP contribution in [-0.4, -0.2) is 77.4 Å². The highest BCUT2D eigenvalue weighted by molar-refractivity contribution is 7.90. The number of aryl methyl sites for hydroxylation is 1. The number of carbonyl (C=O) groups is 1. The Bertz CT molecular complexity index is 2190. The molecule has 1 N–H and O–H groups in total. The molecule has 0 bridgehead atoms. The molecular formula is C37H36N6O5S. The normalized spacial score (nSPS) is 13.8. The van der Waals surface area contributed by atoms with Crippen LogP contribution in [-0.2, 0) is 21.3 Å². The van der Waals surface area contributed by atoms with Gasteiger partial charge in [-0.25, -0.2) is 17.4 Å². The van der Waals surface area contributed by atoms with Crippen molar-refractivity contribution >= 4 is 32.7 Å². The number of morpholine rings is 1. The summed E-state index contributed by atoms with van der Waals surface area (Å²) in [7, 11) is -4.04. The largest absolute Gasteiger partial charge is 0.492 e. The summed E-state index contributed by atoms with van der Waals surface area (Å²) in [6.07, 6.45) is 6.21. The van der Waals surface area contributed by atoms with E-state index < -0.39 is 15.9 Å². The Morgan fingerprint density at radius 1 is 0.918 bits per heavy atom. The molecule has 0 aliphatic carbocycles. The highest BCUT2D eigenvalue weighted by Crippen LogP contribution is 2.33. The predicted octanol–water partition coefficient (Wildman–Crippen LogP) is 5.46. The van der Waals surface area contributed by atoms with Gasteiger partial charge >= 0.3 is 0 Å². The summed E-state index contributed by atoms with van der Waals surface area (Å²) < 4.78 is 42.1. The van der Waals surface area contributed by atoms with Crippen molar-refractivity contribution in [3.05, 3.63) is 126 Å². The number of nitrogens with zero attached hydrogens (tertiary/aromatic N) is 5. The van der Waals surface area contributed by atoms with Gasteiger partial charge in [-0.3, -0.25) is 14.4 Å². The molecule has 12 heteroatoms. The van der Waals surface area contributed by atoms with Crippen LogP contribution in [0.3, 0.4) is 0 Å². The van der Waals surface area contributed by atoms with Gasteiger partial charge in [0.2, 0.25) is 0 Å². The lowest BCUT2D eigenvalue weighted by Gasteiger charge is -2.26. The summed E-state index contributed by atoms with van der Waals surface area (Å²) >= 11 is 0. The minimum atomic E-state index is -4.04. The van der Waals surface area contributed by atoms with E-state index in [0.29, 0.717) is 35.5 Å². The molecule has 0 spiro atoms. The number of hydrogen-bond acceptors (Lipinski definition) is 8. The first kappa shape index (κ1) is 32.3. The first-order valence-corrected chi connectivity index (χ1v) is 17.5. The number of fused-ring (bicyclic) bond motifs is 1. The van der Waals surface area contributed by atoms with E-state index in [9.17, 15) is 13.2 Å². The highest BCUT2D eigenvalue weighted by atomic mass is 32.2. The monoisotopic (exact) mass is 676 g/mol. The van der Waals surface area contributed by atoms with Crippen LogP contribution in [0.2, 0.25) is 0 Å². The molecule has 11 nitrogen and oxygen atoms in total. The minimum Gasteiger partial charge on any atom is -0.492 e.